The van der Waals surface area contributed by atoms with E-state index < -0.39 is 17.9 Å². The number of hydrogen-bond donors (Lipinski definition) is 1. The van der Waals surface area contributed by atoms with Gasteiger partial charge < -0.3 is 0 Å². The molecular weight excluding hydrogens is 160 g/mol. The van der Waals surface area contributed by atoms with Crippen LogP contribution >= 0.6 is 0 Å². The summed E-state index contributed by atoms with van der Waals surface area (Å²) in [5.41, 5.74) is 7.99. The Hall–Kier alpha value is -1.55. The molecule has 0 spiro atoms. The van der Waals surface area contributed by atoms with Crippen molar-refractivity contribution in [3.05, 3.63) is 10.4 Å². The molecule has 0 bridgehead atoms. The summed E-state index contributed by atoms with van der Waals surface area (Å²) >= 11 is 0. The van der Waals surface area contributed by atoms with Crippen molar-refractivity contribution >= 4 is 11.8 Å². The molecule has 0 saturated heterocycles. The maximum absolute atomic E-state index is 10.8. The van der Waals surface area contributed by atoms with Crippen LogP contribution in [-0.4, -0.2) is 17.9 Å². The fraction of sp³-hybridized carbons (Fsp3) is 0.667. The van der Waals surface area contributed by atoms with Gasteiger partial charge in [0.25, 0.3) is 0 Å². The normalized spacial score (nSPS) is 11.2. The first-order chi connectivity index (χ1) is 5.56. The van der Waals surface area contributed by atoms with E-state index >= 15 is 0 Å². The van der Waals surface area contributed by atoms with Gasteiger partial charge in [-0.1, -0.05) is 12.0 Å². The zero-order valence-electron chi connectivity index (χ0n) is 6.94. The van der Waals surface area contributed by atoms with Gasteiger partial charge in [0.15, 0.2) is 0 Å². The van der Waals surface area contributed by atoms with Crippen molar-refractivity contribution < 1.29 is 9.59 Å². The molecule has 0 aliphatic carbocycles. The number of azide groups is 1. The standard InChI is InChI=1S/C6H10N4O2/c1-4(9-10-7)3-6(12)8-5(2)11/h4H,3H2,1-2H3,(H,8,11,12)/t4-/m1/s1. The van der Waals surface area contributed by atoms with Gasteiger partial charge in [0, 0.05) is 24.3 Å². The molecule has 0 unspecified atom stereocenters. The van der Waals surface area contributed by atoms with Crippen LogP contribution in [0.5, 0.6) is 0 Å². The van der Waals surface area contributed by atoms with Crippen LogP contribution in [0.2, 0.25) is 0 Å². The lowest BCUT2D eigenvalue weighted by Crippen LogP contribution is -2.29. The molecule has 66 valence electrons. The SMILES string of the molecule is CC(=O)NC(=O)C[C@@H](C)N=[N+]=[N-]. The van der Waals surface area contributed by atoms with Crippen LogP contribution in [0.4, 0.5) is 0 Å². The van der Waals surface area contributed by atoms with Crippen molar-refractivity contribution in [1.82, 2.24) is 5.32 Å². The topological polar surface area (TPSA) is 94.9 Å². The number of imide groups is 1. The maximum Gasteiger partial charge on any atom is 0.226 e. The molecule has 0 aromatic heterocycles. The zero-order valence-corrected chi connectivity index (χ0v) is 6.94. The van der Waals surface area contributed by atoms with Crippen molar-refractivity contribution in [2.75, 3.05) is 0 Å². The number of carbonyl (C=O) groups excluding carboxylic acids is 2. The lowest BCUT2D eigenvalue weighted by molar-refractivity contribution is -0.129. The first-order valence-corrected chi connectivity index (χ1v) is 3.41. The second kappa shape index (κ2) is 5.15. The van der Waals surface area contributed by atoms with Crippen molar-refractivity contribution in [2.24, 2.45) is 5.11 Å². The minimum Gasteiger partial charge on any atom is -0.297 e. The van der Waals surface area contributed by atoms with Gasteiger partial charge in [-0.25, -0.2) is 0 Å². The van der Waals surface area contributed by atoms with Gasteiger partial charge in [0.1, 0.15) is 0 Å². The maximum atomic E-state index is 10.8. The van der Waals surface area contributed by atoms with E-state index in [2.05, 4.69) is 15.3 Å². The molecule has 0 aromatic carbocycles. The first kappa shape index (κ1) is 10.4. The number of carbonyl (C=O) groups is 2. The molecule has 6 nitrogen and oxygen atoms in total. The molecule has 0 aromatic rings. The number of rotatable bonds is 3. The molecule has 0 radical (unpaired) electrons. The highest BCUT2D eigenvalue weighted by Gasteiger charge is 2.07. The molecule has 0 heterocycles. The number of hydrogen-bond acceptors (Lipinski definition) is 3. The van der Waals surface area contributed by atoms with Crippen LogP contribution in [0.15, 0.2) is 5.11 Å². The summed E-state index contributed by atoms with van der Waals surface area (Å²) in [6, 6.07) is -0.422. The van der Waals surface area contributed by atoms with E-state index in [1.54, 1.807) is 6.92 Å². The Kier molecular flexibility index (Phi) is 4.48. The largest absolute Gasteiger partial charge is 0.297 e. The van der Waals surface area contributed by atoms with Gasteiger partial charge >= 0.3 is 0 Å². The highest BCUT2D eigenvalue weighted by atomic mass is 16.2. The highest BCUT2D eigenvalue weighted by molar-refractivity contribution is 5.94. The Balaban J connectivity index is 3.84. The summed E-state index contributed by atoms with van der Waals surface area (Å²) in [5, 5.41) is 5.35. The summed E-state index contributed by atoms with van der Waals surface area (Å²) in [4.78, 5) is 23.7. The molecule has 0 saturated carbocycles. The first-order valence-electron chi connectivity index (χ1n) is 3.41. The smallest absolute Gasteiger partial charge is 0.226 e. The average molecular weight is 170 g/mol. The second-order valence-electron chi connectivity index (χ2n) is 2.36. The summed E-state index contributed by atoms with van der Waals surface area (Å²) in [5.74, 6) is -0.837. The molecule has 0 fully saturated rings. The average Bonchev–Trinajstić information content (AvgIpc) is 1.84. The number of amides is 2. The van der Waals surface area contributed by atoms with Gasteiger partial charge in [0.05, 0.1) is 0 Å². The van der Waals surface area contributed by atoms with Crippen LogP contribution in [0, 0.1) is 0 Å². The van der Waals surface area contributed by atoms with Crippen molar-refractivity contribution in [3.8, 4) is 0 Å². The minimum absolute atomic E-state index is 0.0314. The second-order valence-corrected chi connectivity index (χ2v) is 2.36. The third-order valence-corrected chi connectivity index (χ3v) is 1.05. The predicted molar refractivity (Wildman–Crippen MR) is 42.0 cm³/mol. The van der Waals surface area contributed by atoms with Crippen molar-refractivity contribution in [1.29, 1.82) is 0 Å². The summed E-state index contributed by atoms with van der Waals surface area (Å²) in [7, 11) is 0. The Morgan fingerprint density at radius 1 is 1.67 bits per heavy atom. The van der Waals surface area contributed by atoms with Crippen LogP contribution < -0.4 is 5.32 Å². The van der Waals surface area contributed by atoms with E-state index in [9.17, 15) is 9.59 Å². The molecule has 12 heavy (non-hydrogen) atoms. The van der Waals surface area contributed by atoms with E-state index in [0.29, 0.717) is 0 Å². The van der Waals surface area contributed by atoms with E-state index in [0.717, 1.165) is 0 Å². The van der Waals surface area contributed by atoms with E-state index in [4.69, 9.17) is 5.53 Å². The predicted octanol–water partition coefficient (Wildman–Crippen LogP) is 0.738. The van der Waals surface area contributed by atoms with E-state index in [-0.39, 0.29) is 6.42 Å². The molecule has 6 heteroatoms. The summed E-state index contributed by atoms with van der Waals surface area (Å²) < 4.78 is 0. The van der Waals surface area contributed by atoms with Crippen molar-refractivity contribution in [3.63, 3.8) is 0 Å². The summed E-state index contributed by atoms with van der Waals surface area (Å²) in [6.07, 6.45) is 0.0314. The lowest BCUT2D eigenvalue weighted by Gasteiger charge is -2.02. The molecule has 2 amide bonds. The number of nitrogens with one attached hydrogen (secondary N) is 1. The summed E-state index contributed by atoms with van der Waals surface area (Å²) in [6.45, 7) is 2.84. The Morgan fingerprint density at radius 3 is 2.67 bits per heavy atom. The molecule has 0 aliphatic rings. The van der Waals surface area contributed by atoms with Crippen LogP contribution in [0.3, 0.4) is 0 Å². The third-order valence-electron chi connectivity index (χ3n) is 1.05. The van der Waals surface area contributed by atoms with Gasteiger partial charge in [-0.15, -0.1) is 0 Å². The Bertz CT molecular complexity index is 232. The Morgan fingerprint density at radius 2 is 2.25 bits per heavy atom. The van der Waals surface area contributed by atoms with Crippen LogP contribution in [-0.2, 0) is 9.59 Å². The molecule has 1 N–H and O–H groups in total. The lowest BCUT2D eigenvalue weighted by atomic mass is 10.2. The Labute approximate surface area is 69.6 Å². The van der Waals surface area contributed by atoms with Gasteiger partial charge in [-0.05, 0) is 5.53 Å². The van der Waals surface area contributed by atoms with Gasteiger partial charge in [-0.3, -0.25) is 14.9 Å². The third kappa shape index (κ3) is 5.25. The van der Waals surface area contributed by atoms with E-state index in [1.165, 1.54) is 6.92 Å². The quantitative estimate of drug-likeness (QED) is 0.384. The number of nitrogens with zero attached hydrogens (tertiary/aromatic N) is 3. The zero-order chi connectivity index (χ0) is 9.56. The monoisotopic (exact) mass is 170 g/mol. The van der Waals surface area contributed by atoms with Crippen LogP contribution in [0.25, 0.3) is 10.4 Å². The van der Waals surface area contributed by atoms with E-state index in [1.807, 2.05) is 0 Å². The molecule has 0 aliphatic heterocycles. The molecular formula is C6H10N4O2. The van der Waals surface area contributed by atoms with Crippen LogP contribution in [0.1, 0.15) is 20.3 Å². The van der Waals surface area contributed by atoms with Gasteiger partial charge in [0.2, 0.25) is 11.8 Å². The van der Waals surface area contributed by atoms with Gasteiger partial charge in [-0.2, -0.15) is 0 Å². The minimum atomic E-state index is -0.428. The van der Waals surface area contributed by atoms with Crippen molar-refractivity contribution in [2.45, 2.75) is 26.3 Å². The fourth-order valence-corrected chi connectivity index (χ4v) is 0.645. The highest BCUT2D eigenvalue weighted by Crippen LogP contribution is 1.95. The fourth-order valence-electron chi connectivity index (χ4n) is 0.645. The molecule has 0 rings (SSSR count). The molecule has 1 atom stereocenters.